The Bertz CT molecular complexity index is 394. The fourth-order valence-corrected chi connectivity index (χ4v) is 3.38. The number of benzene rings is 1. The predicted molar refractivity (Wildman–Crippen MR) is 78.9 cm³/mol. The van der Waals surface area contributed by atoms with Crippen LogP contribution in [-0.4, -0.2) is 0 Å². The van der Waals surface area contributed by atoms with E-state index in [-0.39, 0.29) is 6.04 Å². The first-order valence-corrected chi connectivity index (χ1v) is 7.51. The van der Waals surface area contributed by atoms with Crippen molar-refractivity contribution in [1.29, 1.82) is 0 Å². The Labute approximate surface area is 116 Å². The summed E-state index contributed by atoms with van der Waals surface area (Å²) in [5, 5.41) is 0.838. The molecule has 0 saturated heterocycles. The minimum Gasteiger partial charge on any atom is -0.324 e. The van der Waals surface area contributed by atoms with Gasteiger partial charge in [0.25, 0.3) is 0 Å². The lowest BCUT2D eigenvalue weighted by Gasteiger charge is -2.32. The molecule has 1 aliphatic carbocycles. The van der Waals surface area contributed by atoms with E-state index in [1.165, 1.54) is 37.7 Å². The first-order valence-electron chi connectivity index (χ1n) is 7.14. The van der Waals surface area contributed by atoms with E-state index in [0.717, 1.165) is 16.5 Å². The van der Waals surface area contributed by atoms with Crippen molar-refractivity contribution in [2.24, 2.45) is 17.6 Å². The summed E-state index contributed by atoms with van der Waals surface area (Å²) in [6.45, 7) is 4.38. The molecule has 0 radical (unpaired) electrons. The number of nitrogens with two attached hydrogens (primary N) is 1. The topological polar surface area (TPSA) is 26.0 Å². The molecule has 0 bridgehead atoms. The highest BCUT2D eigenvalue weighted by atomic mass is 35.5. The van der Waals surface area contributed by atoms with Crippen molar-refractivity contribution >= 4 is 11.6 Å². The van der Waals surface area contributed by atoms with Gasteiger partial charge in [-0.1, -0.05) is 49.9 Å². The van der Waals surface area contributed by atoms with Crippen molar-refractivity contribution < 1.29 is 0 Å². The van der Waals surface area contributed by atoms with Crippen LogP contribution in [-0.2, 0) is 0 Å². The van der Waals surface area contributed by atoms with Gasteiger partial charge in [0, 0.05) is 11.1 Å². The summed E-state index contributed by atoms with van der Waals surface area (Å²) in [4.78, 5) is 0. The van der Waals surface area contributed by atoms with Gasteiger partial charge in [0.05, 0.1) is 0 Å². The van der Waals surface area contributed by atoms with Crippen LogP contribution in [0.1, 0.15) is 56.2 Å². The molecule has 2 rings (SSSR count). The second kappa shape index (κ2) is 6.08. The van der Waals surface area contributed by atoms with Gasteiger partial charge < -0.3 is 5.73 Å². The van der Waals surface area contributed by atoms with E-state index in [1.807, 2.05) is 12.1 Å². The van der Waals surface area contributed by atoms with Crippen molar-refractivity contribution in [2.45, 2.75) is 52.0 Å². The summed E-state index contributed by atoms with van der Waals surface area (Å²) < 4.78 is 0. The molecule has 1 fully saturated rings. The summed E-state index contributed by atoms with van der Waals surface area (Å²) in [6, 6.07) is 6.25. The third kappa shape index (κ3) is 2.89. The summed E-state index contributed by atoms with van der Waals surface area (Å²) >= 11 is 6.19. The lowest BCUT2D eigenvalue weighted by atomic mass is 9.76. The molecule has 1 aliphatic rings. The molecule has 1 saturated carbocycles. The maximum Gasteiger partial charge on any atom is 0.0438 e. The minimum atomic E-state index is 0.154. The van der Waals surface area contributed by atoms with Crippen molar-refractivity contribution in [3.63, 3.8) is 0 Å². The highest BCUT2D eigenvalue weighted by Crippen LogP contribution is 2.38. The lowest BCUT2D eigenvalue weighted by molar-refractivity contribution is 0.239. The Morgan fingerprint density at radius 2 is 1.94 bits per heavy atom. The van der Waals surface area contributed by atoms with Crippen LogP contribution in [0.2, 0.25) is 5.02 Å². The molecule has 2 heteroatoms. The number of hydrogen-bond donors (Lipinski definition) is 1. The van der Waals surface area contributed by atoms with Crippen LogP contribution >= 0.6 is 11.6 Å². The smallest absolute Gasteiger partial charge is 0.0438 e. The average Bonchev–Trinajstić information content (AvgIpc) is 2.41. The molecule has 2 N–H and O–H groups in total. The fourth-order valence-electron chi connectivity index (χ4n) is 3.19. The predicted octanol–water partition coefficient (Wildman–Crippen LogP) is 4.86. The third-order valence-corrected chi connectivity index (χ3v) is 5.05. The fraction of sp³-hybridized carbons (Fsp3) is 0.625. The second-order valence-corrected chi connectivity index (χ2v) is 6.08. The molecular formula is C16H24ClN. The summed E-state index contributed by atoms with van der Waals surface area (Å²) in [5.74, 6) is 1.55. The zero-order chi connectivity index (χ0) is 13.1. The Hall–Kier alpha value is -0.530. The summed E-state index contributed by atoms with van der Waals surface area (Å²) in [5.41, 5.74) is 8.86. The van der Waals surface area contributed by atoms with Crippen LogP contribution < -0.4 is 5.73 Å². The van der Waals surface area contributed by atoms with Gasteiger partial charge >= 0.3 is 0 Å². The van der Waals surface area contributed by atoms with Gasteiger partial charge in [-0.3, -0.25) is 0 Å². The van der Waals surface area contributed by atoms with Crippen LogP contribution in [0.4, 0.5) is 0 Å². The van der Waals surface area contributed by atoms with Crippen LogP contribution in [0.25, 0.3) is 0 Å². The van der Waals surface area contributed by atoms with E-state index < -0.39 is 0 Å². The lowest BCUT2D eigenvalue weighted by Crippen LogP contribution is -2.26. The van der Waals surface area contributed by atoms with E-state index >= 15 is 0 Å². The molecule has 0 aliphatic heterocycles. The van der Waals surface area contributed by atoms with E-state index in [2.05, 4.69) is 19.9 Å². The van der Waals surface area contributed by atoms with Crippen LogP contribution in [0, 0.1) is 18.8 Å². The Morgan fingerprint density at radius 1 is 1.28 bits per heavy atom. The average molecular weight is 266 g/mol. The molecular weight excluding hydrogens is 242 g/mol. The Kier molecular flexibility index (Phi) is 4.69. The van der Waals surface area contributed by atoms with Gasteiger partial charge in [-0.05, 0) is 48.8 Å². The normalized spacial score (nSPS) is 26.0. The maximum atomic E-state index is 6.47. The number of hydrogen-bond acceptors (Lipinski definition) is 1. The Morgan fingerprint density at radius 3 is 2.56 bits per heavy atom. The molecule has 100 valence electrons. The van der Waals surface area contributed by atoms with E-state index in [4.69, 9.17) is 17.3 Å². The summed E-state index contributed by atoms with van der Waals surface area (Å²) in [7, 11) is 0. The summed E-state index contributed by atoms with van der Waals surface area (Å²) in [6.07, 6.45) is 6.54. The highest BCUT2D eigenvalue weighted by molar-refractivity contribution is 6.31. The van der Waals surface area contributed by atoms with Gasteiger partial charge in [-0.15, -0.1) is 0 Å². The molecule has 1 unspecified atom stereocenters. The van der Waals surface area contributed by atoms with Gasteiger partial charge in [-0.2, -0.15) is 0 Å². The molecule has 0 spiro atoms. The molecule has 0 heterocycles. The molecule has 0 amide bonds. The standard InChI is InChI=1S/C16H24ClN/c1-3-12-7-9-13(10-8-12)16(18)14-5-4-6-15(17)11(14)2/h4-6,12-13,16H,3,7-10,18H2,1-2H3. The van der Waals surface area contributed by atoms with Crippen molar-refractivity contribution in [3.05, 3.63) is 34.3 Å². The van der Waals surface area contributed by atoms with E-state index in [0.29, 0.717) is 5.92 Å². The third-order valence-electron chi connectivity index (χ3n) is 4.65. The number of rotatable bonds is 3. The van der Waals surface area contributed by atoms with Gasteiger partial charge in [0.2, 0.25) is 0 Å². The first-order chi connectivity index (χ1) is 8.63. The van der Waals surface area contributed by atoms with E-state index in [9.17, 15) is 0 Å². The van der Waals surface area contributed by atoms with Crippen LogP contribution in [0.5, 0.6) is 0 Å². The zero-order valence-electron chi connectivity index (χ0n) is 11.5. The van der Waals surface area contributed by atoms with Crippen molar-refractivity contribution in [3.8, 4) is 0 Å². The molecule has 18 heavy (non-hydrogen) atoms. The maximum absolute atomic E-state index is 6.47. The van der Waals surface area contributed by atoms with E-state index in [1.54, 1.807) is 0 Å². The van der Waals surface area contributed by atoms with Crippen molar-refractivity contribution in [2.75, 3.05) is 0 Å². The van der Waals surface area contributed by atoms with Gasteiger partial charge in [-0.25, -0.2) is 0 Å². The molecule has 1 atom stereocenters. The quantitative estimate of drug-likeness (QED) is 0.829. The second-order valence-electron chi connectivity index (χ2n) is 5.67. The van der Waals surface area contributed by atoms with Crippen LogP contribution in [0.3, 0.4) is 0 Å². The minimum absolute atomic E-state index is 0.154. The molecule has 1 nitrogen and oxygen atoms in total. The molecule has 0 aromatic heterocycles. The highest BCUT2D eigenvalue weighted by Gasteiger charge is 2.26. The van der Waals surface area contributed by atoms with Crippen molar-refractivity contribution in [1.82, 2.24) is 0 Å². The first kappa shape index (κ1) is 13.9. The largest absolute Gasteiger partial charge is 0.324 e. The zero-order valence-corrected chi connectivity index (χ0v) is 12.2. The Balaban J connectivity index is 2.08. The SMILES string of the molecule is CCC1CCC(C(N)c2cccc(Cl)c2C)CC1. The van der Waals surface area contributed by atoms with Crippen LogP contribution in [0.15, 0.2) is 18.2 Å². The number of halogens is 1. The monoisotopic (exact) mass is 265 g/mol. The van der Waals surface area contributed by atoms with Gasteiger partial charge in [0.15, 0.2) is 0 Å². The van der Waals surface area contributed by atoms with Gasteiger partial charge in [0.1, 0.15) is 0 Å². The molecule has 1 aromatic carbocycles. The molecule has 1 aromatic rings.